The van der Waals surface area contributed by atoms with E-state index < -0.39 is 0 Å². The summed E-state index contributed by atoms with van der Waals surface area (Å²) in [5.74, 6) is 1.10. The van der Waals surface area contributed by atoms with E-state index in [4.69, 9.17) is 10.2 Å². The van der Waals surface area contributed by atoms with Crippen LogP contribution in [0.3, 0.4) is 0 Å². The number of rotatable bonds is 3. The van der Waals surface area contributed by atoms with Crippen LogP contribution in [0, 0.1) is 6.92 Å². The molecule has 0 aliphatic heterocycles. The minimum absolute atomic E-state index is 0.517. The van der Waals surface area contributed by atoms with Crippen molar-refractivity contribution in [3.8, 4) is 10.8 Å². The molecule has 14 heavy (non-hydrogen) atoms. The number of hydrogen-bond acceptors (Lipinski definition) is 6. The lowest BCUT2D eigenvalue weighted by Gasteiger charge is -1.86. The Morgan fingerprint density at radius 3 is 3.00 bits per heavy atom. The summed E-state index contributed by atoms with van der Waals surface area (Å²) in [5, 5.41) is 8.78. The molecule has 6 heteroatoms. The van der Waals surface area contributed by atoms with Crippen molar-refractivity contribution in [3.05, 3.63) is 17.1 Å². The van der Waals surface area contributed by atoms with Crippen LogP contribution in [0.4, 0.5) is 0 Å². The quantitative estimate of drug-likeness (QED) is 0.817. The van der Waals surface area contributed by atoms with E-state index in [1.54, 1.807) is 6.20 Å². The van der Waals surface area contributed by atoms with Gasteiger partial charge in [-0.1, -0.05) is 0 Å². The summed E-state index contributed by atoms with van der Waals surface area (Å²) in [6.45, 7) is 2.45. The predicted octanol–water partition coefficient (Wildman–Crippen LogP) is 1.00. The number of aryl methyl sites for hydroxylation is 1. The summed E-state index contributed by atoms with van der Waals surface area (Å²) in [6, 6.07) is 0. The third kappa shape index (κ3) is 1.80. The molecule has 0 aliphatic carbocycles. The molecule has 0 aliphatic rings. The molecule has 2 N–H and O–H groups in total. The summed E-state index contributed by atoms with van der Waals surface area (Å²) in [4.78, 5) is 5.02. The van der Waals surface area contributed by atoms with Crippen LogP contribution in [0.1, 0.15) is 10.9 Å². The molecular formula is C8H10N4OS. The molecule has 74 valence electrons. The van der Waals surface area contributed by atoms with E-state index in [1.165, 1.54) is 11.3 Å². The minimum Gasteiger partial charge on any atom is -0.420 e. The van der Waals surface area contributed by atoms with Crippen molar-refractivity contribution < 1.29 is 4.42 Å². The maximum absolute atomic E-state index is 5.39. The Morgan fingerprint density at radius 1 is 1.50 bits per heavy atom. The SMILES string of the molecule is Cc1ncc(-c2nnc(CCN)o2)s1. The largest absolute Gasteiger partial charge is 0.420 e. The molecule has 0 amide bonds. The minimum atomic E-state index is 0.517. The van der Waals surface area contributed by atoms with E-state index in [0.29, 0.717) is 24.7 Å². The van der Waals surface area contributed by atoms with Crippen LogP contribution in [0.15, 0.2) is 10.6 Å². The second kappa shape index (κ2) is 3.85. The van der Waals surface area contributed by atoms with Crippen molar-refractivity contribution in [2.75, 3.05) is 6.54 Å². The van der Waals surface area contributed by atoms with E-state index in [2.05, 4.69) is 15.2 Å². The first-order valence-corrected chi connectivity index (χ1v) is 5.06. The Kier molecular flexibility index (Phi) is 2.55. The summed E-state index contributed by atoms with van der Waals surface area (Å²) in [7, 11) is 0. The molecule has 0 saturated carbocycles. The highest BCUT2D eigenvalue weighted by Gasteiger charge is 2.09. The average molecular weight is 210 g/mol. The van der Waals surface area contributed by atoms with Gasteiger partial charge in [0, 0.05) is 13.0 Å². The number of hydrogen-bond donors (Lipinski definition) is 1. The molecule has 0 bridgehead atoms. The van der Waals surface area contributed by atoms with E-state index in [-0.39, 0.29) is 0 Å². The first kappa shape index (κ1) is 9.29. The Balaban J connectivity index is 2.24. The molecule has 0 radical (unpaired) electrons. The molecule has 0 atom stereocenters. The number of nitrogens with zero attached hydrogens (tertiary/aromatic N) is 3. The zero-order valence-electron chi connectivity index (χ0n) is 7.73. The fraction of sp³-hybridized carbons (Fsp3) is 0.375. The Labute approximate surface area is 85.0 Å². The van der Waals surface area contributed by atoms with Crippen LogP contribution in [0.5, 0.6) is 0 Å². The maximum Gasteiger partial charge on any atom is 0.259 e. The van der Waals surface area contributed by atoms with Crippen LogP contribution in [0.25, 0.3) is 10.8 Å². The van der Waals surface area contributed by atoms with Crippen LogP contribution in [-0.4, -0.2) is 21.7 Å². The van der Waals surface area contributed by atoms with Gasteiger partial charge in [0.05, 0.1) is 11.2 Å². The predicted molar refractivity (Wildman–Crippen MR) is 52.9 cm³/mol. The molecule has 2 heterocycles. The van der Waals surface area contributed by atoms with Gasteiger partial charge in [-0.25, -0.2) is 4.98 Å². The number of nitrogens with two attached hydrogens (primary N) is 1. The fourth-order valence-corrected chi connectivity index (χ4v) is 1.74. The van der Waals surface area contributed by atoms with Crippen LogP contribution in [0.2, 0.25) is 0 Å². The highest BCUT2D eigenvalue weighted by molar-refractivity contribution is 7.14. The highest BCUT2D eigenvalue weighted by atomic mass is 32.1. The lowest BCUT2D eigenvalue weighted by Crippen LogP contribution is -2.02. The van der Waals surface area contributed by atoms with Crippen molar-refractivity contribution in [2.45, 2.75) is 13.3 Å². The summed E-state index contributed by atoms with van der Waals surface area (Å²) < 4.78 is 5.39. The van der Waals surface area contributed by atoms with Gasteiger partial charge in [-0.15, -0.1) is 21.5 Å². The zero-order valence-corrected chi connectivity index (χ0v) is 8.54. The number of aromatic nitrogens is 3. The monoisotopic (exact) mass is 210 g/mol. The lowest BCUT2D eigenvalue weighted by molar-refractivity contribution is 0.508. The summed E-state index contributed by atoms with van der Waals surface area (Å²) in [5.41, 5.74) is 5.38. The van der Waals surface area contributed by atoms with Crippen LogP contribution < -0.4 is 5.73 Å². The van der Waals surface area contributed by atoms with Gasteiger partial charge < -0.3 is 10.2 Å². The van der Waals surface area contributed by atoms with Gasteiger partial charge >= 0.3 is 0 Å². The summed E-state index contributed by atoms with van der Waals surface area (Å²) in [6.07, 6.45) is 2.35. The normalized spacial score (nSPS) is 10.7. The van der Waals surface area contributed by atoms with Crippen molar-refractivity contribution >= 4 is 11.3 Å². The highest BCUT2D eigenvalue weighted by Crippen LogP contribution is 2.24. The van der Waals surface area contributed by atoms with Crippen molar-refractivity contribution in [1.29, 1.82) is 0 Å². The third-order valence-electron chi connectivity index (χ3n) is 1.66. The molecule has 2 rings (SSSR count). The second-order valence-electron chi connectivity index (χ2n) is 2.78. The van der Waals surface area contributed by atoms with Crippen LogP contribution >= 0.6 is 11.3 Å². The van der Waals surface area contributed by atoms with E-state index in [9.17, 15) is 0 Å². The molecule has 5 nitrogen and oxygen atoms in total. The molecule has 0 aromatic carbocycles. The summed E-state index contributed by atoms with van der Waals surface area (Å²) >= 11 is 1.53. The van der Waals surface area contributed by atoms with E-state index >= 15 is 0 Å². The van der Waals surface area contributed by atoms with E-state index in [1.807, 2.05) is 6.92 Å². The zero-order chi connectivity index (χ0) is 9.97. The average Bonchev–Trinajstić information content (AvgIpc) is 2.74. The Morgan fingerprint density at radius 2 is 2.36 bits per heavy atom. The van der Waals surface area contributed by atoms with Gasteiger partial charge in [-0.3, -0.25) is 0 Å². The number of thiazole rings is 1. The topological polar surface area (TPSA) is 77.8 Å². The first-order chi connectivity index (χ1) is 6.79. The molecule has 0 unspecified atom stereocenters. The third-order valence-corrected chi connectivity index (χ3v) is 2.56. The molecular weight excluding hydrogens is 200 g/mol. The lowest BCUT2D eigenvalue weighted by atomic mass is 10.4. The standard InChI is InChI=1S/C8H10N4OS/c1-5-10-4-6(14-5)8-12-11-7(13-8)2-3-9/h4H,2-3,9H2,1H3. The smallest absolute Gasteiger partial charge is 0.259 e. The van der Waals surface area contributed by atoms with Crippen molar-refractivity contribution in [2.24, 2.45) is 5.73 Å². The van der Waals surface area contributed by atoms with Gasteiger partial charge in [0.25, 0.3) is 5.89 Å². The fourth-order valence-electron chi connectivity index (χ4n) is 1.04. The first-order valence-electron chi connectivity index (χ1n) is 4.25. The van der Waals surface area contributed by atoms with Crippen molar-refractivity contribution in [1.82, 2.24) is 15.2 Å². The van der Waals surface area contributed by atoms with Gasteiger partial charge in [-0.05, 0) is 6.92 Å². The Hall–Kier alpha value is -1.27. The molecule has 2 aromatic heterocycles. The van der Waals surface area contributed by atoms with Gasteiger partial charge in [0.15, 0.2) is 0 Å². The van der Waals surface area contributed by atoms with E-state index in [0.717, 1.165) is 9.88 Å². The molecule has 0 fully saturated rings. The maximum atomic E-state index is 5.39. The molecule has 0 saturated heterocycles. The second-order valence-corrected chi connectivity index (χ2v) is 4.02. The van der Waals surface area contributed by atoms with Crippen LogP contribution in [-0.2, 0) is 6.42 Å². The Bertz CT molecular complexity index is 422. The molecule has 0 spiro atoms. The van der Waals surface area contributed by atoms with Gasteiger partial charge in [-0.2, -0.15) is 0 Å². The van der Waals surface area contributed by atoms with Gasteiger partial charge in [0.2, 0.25) is 5.89 Å². The molecule has 2 aromatic rings. The van der Waals surface area contributed by atoms with Crippen molar-refractivity contribution in [3.63, 3.8) is 0 Å². The van der Waals surface area contributed by atoms with Gasteiger partial charge in [0.1, 0.15) is 4.88 Å².